The Morgan fingerprint density at radius 1 is 1.06 bits per heavy atom. The van der Waals surface area contributed by atoms with Crippen LogP contribution in [0.25, 0.3) is 0 Å². The van der Waals surface area contributed by atoms with E-state index in [1.165, 1.54) is 38.5 Å². The Hall–Kier alpha value is -2.11. The molecular formula is C28H41N3O3. The number of nitrogens with one attached hydrogen (secondary N) is 1. The topological polar surface area (TPSA) is 75.5 Å². The van der Waals surface area contributed by atoms with Gasteiger partial charge in [0.15, 0.2) is 0 Å². The molecule has 6 nitrogen and oxygen atoms in total. The number of hydrogen-bond acceptors (Lipinski definition) is 4. The molecular weight excluding hydrogens is 426 g/mol. The summed E-state index contributed by atoms with van der Waals surface area (Å²) in [5, 5.41) is 14.5. The number of likely N-dealkylation sites (tertiary alicyclic amines) is 1. The van der Waals surface area contributed by atoms with Gasteiger partial charge in [0, 0.05) is 43.9 Å². The molecule has 4 fully saturated rings. The fourth-order valence-corrected chi connectivity index (χ4v) is 9.25. The lowest BCUT2D eigenvalue weighted by Gasteiger charge is -2.62. The van der Waals surface area contributed by atoms with Gasteiger partial charge in [0.1, 0.15) is 0 Å². The number of rotatable bonds is 5. The highest BCUT2D eigenvalue weighted by Crippen LogP contribution is 2.67. The summed E-state index contributed by atoms with van der Waals surface area (Å²) in [6.45, 7) is 8.39. The molecule has 186 valence electrons. The zero-order valence-electron chi connectivity index (χ0n) is 21.3. The average Bonchev–Trinajstić information content (AvgIpc) is 3.18. The van der Waals surface area contributed by atoms with Crippen LogP contribution in [-0.2, 0) is 4.79 Å². The average molecular weight is 468 g/mol. The highest BCUT2D eigenvalue weighted by molar-refractivity contribution is 5.77. The van der Waals surface area contributed by atoms with Crippen LogP contribution in [0, 0.1) is 50.5 Å². The van der Waals surface area contributed by atoms with Crippen LogP contribution in [0.2, 0.25) is 0 Å². The number of nitro benzene ring substituents is 1. The lowest BCUT2D eigenvalue weighted by Crippen LogP contribution is -2.61. The SMILES string of the molecule is CC(CNc1ccc([N+](=O)[O-])cc1)[C@H]1CC[C@H]2[C@@H]3CC[C@H]4N(C)C(=O)CC[C@]4(C)[C@H]3CC[C@]12C. The highest BCUT2D eigenvalue weighted by Gasteiger charge is 2.61. The number of hydrogen-bond donors (Lipinski definition) is 1. The molecule has 5 rings (SSSR count). The van der Waals surface area contributed by atoms with Crippen molar-refractivity contribution in [3.63, 3.8) is 0 Å². The fourth-order valence-electron chi connectivity index (χ4n) is 9.25. The van der Waals surface area contributed by atoms with Gasteiger partial charge in [-0.05, 0) is 97.5 Å². The highest BCUT2D eigenvalue weighted by atomic mass is 16.6. The smallest absolute Gasteiger partial charge is 0.269 e. The summed E-state index contributed by atoms with van der Waals surface area (Å²) in [6.07, 6.45) is 9.54. The van der Waals surface area contributed by atoms with E-state index in [4.69, 9.17) is 0 Å². The third-order valence-electron chi connectivity index (χ3n) is 11.0. The summed E-state index contributed by atoms with van der Waals surface area (Å²) in [7, 11) is 2.04. The third kappa shape index (κ3) is 3.63. The minimum Gasteiger partial charge on any atom is -0.385 e. The van der Waals surface area contributed by atoms with Gasteiger partial charge in [-0.25, -0.2) is 0 Å². The Balaban J connectivity index is 1.27. The molecule has 6 heteroatoms. The Bertz CT molecular complexity index is 949. The van der Waals surface area contributed by atoms with Crippen LogP contribution in [0.4, 0.5) is 11.4 Å². The van der Waals surface area contributed by atoms with Crippen LogP contribution in [-0.4, -0.2) is 35.4 Å². The number of piperidine rings is 1. The van der Waals surface area contributed by atoms with E-state index >= 15 is 0 Å². The first-order chi connectivity index (χ1) is 16.1. The Kier molecular flexibility index (Phi) is 5.92. The lowest BCUT2D eigenvalue weighted by molar-refractivity contribution is -0.384. The fraction of sp³-hybridized carbons (Fsp3) is 0.750. The third-order valence-corrected chi connectivity index (χ3v) is 11.0. The lowest BCUT2D eigenvalue weighted by atomic mass is 9.46. The van der Waals surface area contributed by atoms with Crippen LogP contribution in [0.1, 0.15) is 72.1 Å². The number of benzene rings is 1. The van der Waals surface area contributed by atoms with Gasteiger partial charge in [0.2, 0.25) is 5.91 Å². The van der Waals surface area contributed by atoms with Crippen molar-refractivity contribution >= 4 is 17.3 Å². The Morgan fingerprint density at radius 2 is 1.76 bits per heavy atom. The number of nitro groups is 1. The van der Waals surface area contributed by atoms with Crippen LogP contribution in [0.3, 0.4) is 0 Å². The number of carbonyl (C=O) groups is 1. The second-order valence-corrected chi connectivity index (χ2v) is 12.4. The molecule has 3 aliphatic carbocycles. The summed E-state index contributed by atoms with van der Waals surface area (Å²) in [4.78, 5) is 25.1. The number of carbonyl (C=O) groups excluding carboxylic acids is 1. The van der Waals surface area contributed by atoms with Crippen molar-refractivity contribution in [2.75, 3.05) is 18.9 Å². The summed E-state index contributed by atoms with van der Waals surface area (Å²) < 4.78 is 0. The number of anilines is 1. The minimum atomic E-state index is -0.348. The molecule has 1 heterocycles. The summed E-state index contributed by atoms with van der Waals surface area (Å²) in [5.41, 5.74) is 1.78. The molecule has 1 aromatic carbocycles. The molecule has 1 N–H and O–H groups in total. The van der Waals surface area contributed by atoms with Crippen molar-refractivity contribution in [1.82, 2.24) is 4.90 Å². The maximum Gasteiger partial charge on any atom is 0.269 e. The number of fused-ring (bicyclic) bond motifs is 5. The van der Waals surface area contributed by atoms with Gasteiger partial charge in [-0.2, -0.15) is 0 Å². The Morgan fingerprint density at radius 3 is 2.47 bits per heavy atom. The quantitative estimate of drug-likeness (QED) is 0.418. The first-order valence-corrected chi connectivity index (χ1v) is 13.4. The zero-order chi connectivity index (χ0) is 24.3. The number of nitrogens with zero attached hydrogens (tertiary/aromatic N) is 2. The van der Waals surface area contributed by atoms with Gasteiger partial charge in [0.25, 0.3) is 5.69 Å². The van der Waals surface area contributed by atoms with Crippen molar-refractivity contribution in [3.8, 4) is 0 Å². The van der Waals surface area contributed by atoms with Gasteiger partial charge >= 0.3 is 0 Å². The predicted molar refractivity (Wildman–Crippen MR) is 134 cm³/mol. The van der Waals surface area contributed by atoms with Crippen LogP contribution >= 0.6 is 0 Å². The number of amides is 1. The molecule has 3 saturated carbocycles. The molecule has 34 heavy (non-hydrogen) atoms. The summed E-state index contributed by atoms with van der Waals surface area (Å²) in [6, 6.07) is 7.23. The van der Waals surface area contributed by atoms with E-state index in [1.54, 1.807) is 12.1 Å². The van der Waals surface area contributed by atoms with E-state index in [0.29, 0.717) is 29.2 Å². The minimum absolute atomic E-state index is 0.137. The molecule has 0 aromatic heterocycles. The van der Waals surface area contributed by atoms with E-state index in [9.17, 15) is 14.9 Å². The van der Waals surface area contributed by atoms with Gasteiger partial charge in [-0.15, -0.1) is 0 Å². The van der Waals surface area contributed by atoms with E-state index in [0.717, 1.165) is 42.8 Å². The van der Waals surface area contributed by atoms with Crippen molar-refractivity contribution in [3.05, 3.63) is 34.4 Å². The molecule has 1 unspecified atom stereocenters. The van der Waals surface area contributed by atoms with Crippen molar-refractivity contribution in [2.24, 2.45) is 40.4 Å². The molecule has 1 aliphatic heterocycles. The van der Waals surface area contributed by atoms with Crippen LogP contribution < -0.4 is 5.32 Å². The molecule has 0 bridgehead atoms. The van der Waals surface area contributed by atoms with Gasteiger partial charge in [-0.3, -0.25) is 14.9 Å². The van der Waals surface area contributed by atoms with Crippen molar-refractivity contribution < 1.29 is 9.72 Å². The van der Waals surface area contributed by atoms with Gasteiger partial charge in [-0.1, -0.05) is 20.8 Å². The first-order valence-electron chi connectivity index (χ1n) is 13.4. The Labute approximate surface area is 204 Å². The van der Waals surface area contributed by atoms with Crippen molar-refractivity contribution in [1.29, 1.82) is 0 Å². The summed E-state index contributed by atoms with van der Waals surface area (Å²) in [5.74, 6) is 3.99. The monoisotopic (exact) mass is 467 g/mol. The molecule has 4 aliphatic rings. The second-order valence-electron chi connectivity index (χ2n) is 12.4. The van der Waals surface area contributed by atoms with E-state index in [1.807, 2.05) is 19.2 Å². The molecule has 0 radical (unpaired) electrons. The van der Waals surface area contributed by atoms with E-state index in [-0.39, 0.29) is 16.0 Å². The normalized spacial score (nSPS) is 40.2. The van der Waals surface area contributed by atoms with Crippen molar-refractivity contribution in [2.45, 2.75) is 78.2 Å². The van der Waals surface area contributed by atoms with E-state index in [2.05, 4.69) is 31.0 Å². The zero-order valence-corrected chi connectivity index (χ0v) is 21.3. The van der Waals surface area contributed by atoms with Crippen LogP contribution in [0.5, 0.6) is 0 Å². The molecule has 1 aromatic rings. The molecule has 1 saturated heterocycles. The maximum absolute atomic E-state index is 12.4. The van der Waals surface area contributed by atoms with E-state index < -0.39 is 0 Å². The summed E-state index contributed by atoms with van der Waals surface area (Å²) >= 11 is 0. The molecule has 8 atom stereocenters. The number of non-ortho nitro benzene ring substituents is 1. The second kappa shape index (κ2) is 8.53. The van der Waals surface area contributed by atoms with Crippen LogP contribution in [0.15, 0.2) is 24.3 Å². The largest absolute Gasteiger partial charge is 0.385 e. The first kappa shape index (κ1) is 23.6. The van der Waals surface area contributed by atoms with Gasteiger partial charge in [0.05, 0.1) is 4.92 Å². The predicted octanol–water partition coefficient (Wildman–Crippen LogP) is 6.12. The molecule has 0 spiro atoms. The maximum atomic E-state index is 12.4. The van der Waals surface area contributed by atoms with Gasteiger partial charge < -0.3 is 10.2 Å². The molecule has 1 amide bonds. The standard InChI is InChI=1S/C28H41N3O3/c1-18(17-29-19-5-7-20(8-6-19)31(33)34)22-10-11-23-21-9-12-25-28(3,16-14-26(32)30(25)4)24(21)13-15-27(22,23)2/h5-8,18,21-25,29H,9-17H2,1-4H3/t18?,21-,22+,23-,24-,25+,27+,28+/m0/s1.